The number of aldehydes is 1. The molecule has 30 heavy (non-hydrogen) atoms. The van der Waals surface area contributed by atoms with Gasteiger partial charge in [-0.1, -0.05) is 18.6 Å². The molecule has 0 aliphatic rings. The third kappa shape index (κ3) is 13.2. The van der Waals surface area contributed by atoms with Gasteiger partial charge in [-0.05, 0) is 64.7 Å². The number of alkyl carbamates (subject to hydrolysis) is 1. The van der Waals surface area contributed by atoms with E-state index in [2.05, 4.69) is 5.32 Å². The number of hydrogen-bond acceptors (Lipinski definition) is 6. The minimum absolute atomic E-state index is 0.130. The molecular formula is C23H37NO6. The van der Waals surface area contributed by atoms with Crippen LogP contribution in [0, 0.1) is 0 Å². The standard InChI is InChI=1S/C23H37NO6/c1-19(24-22(26)30-23(2,3)4)20-10-9-11-21(18-20)29-14-8-6-5-7-13-27-16-17-28-15-12-25/h9-12,18-19H,5-8,13-17H2,1-4H3,(H,24,26)/t19-/m1/s1. The van der Waals surface area contributed by atoms with Crippen LogP contribution < -0.4 is 10.1 Å². The zero-order valence-corrected chi connectivity index (χ0v) is 18.8. The van der Waals surface area contributed by atoms with Crippen LogP contribution in [0.4, 0.5) is 4.79 Å². The van der Waals surface area contributed by atoms with Crippen molar-refractivity contribution in [3.8, 4) is 5.75 Å². The highest BCUT2D eigenvalue weighted by Crippen LogP contribution is 2.20. The lowest BCUT2D eigenvalue weighted by Crippen LogP contribution is -2.34. The fraction of sp³-hybridized carbons (Fsp3) is 0.652. The third-order valence-corrected chi connectivity index (χ3v) is 4.10. The zero-order valence-electron chi connectivity index (χ0n) is 18.8. The predicted molar refractivity (Wildman–Crippen MR) is 116 cm³/mol. The highest BCUT2D eigenvalue weighted by molar-refractivity contribution is 5.68. The van der Waals surface area contributed by atoms with E-state index in [1.807, 2.05) is 52.0 Å². The first-order chi connectivity index (χ1) is 14.3. The molecule has 0 fully saturated rings. The van der Waals surface area contributed by atoms with E-state index in [4.69, 9.17) is 18.9 Å². The molecule has 0 bridgehead atoms. The Morgan fingerprint density at radius 3 is 2.43 bits per heavy atom. The summed E-state index contributed by atoms with van der Waals surface area (Å²) >= 11 is 0. The molecule has 1 rings (SSSR count). The maximum absolute atomic E-state index is 11.9. The van der Waals surface area contributed by atoms with Crippen molar-refractivity contribution in [2.45, 2.75) is 65.0 Å². The van der Waals surface area contributed by atoms with Crippen LogP contribution in [0.15, 0.2) is 24.3 Å². The maximum atomic E-state index is 11.9. The Morgan fingerprint density at radius 1 is 1.03 bits per heavy atom. The summed E-state index contributed by atoms with van der Waals surface area (Å²) < 4.78 is 21.6. The van der Waals surface area contributed by atoms with Crippen molar-refractivity contribution in [2.75, 3.05) is 33.0 Å². The Kier molecular flexibility index (Phi) is 12.8. The average molecular weight is 424 g/mol. The zero-order chi connectivity index (χ0) is 22.2. The topological polar surface area (TPSA) is 83.1 Å². The van der Waals surface area contributed by atoms with Crippen LogP contribution in [0.2, 0.25) is 0 Å². The highest BCUT2D eigenvalue weighted by Gasteiger charge is 2.18. The Bertz CT molecular complexity index is 614. The van der Waals surface area contributed by atoms with Gasteiger partial charge >= 0.3 is 6.09 Å². The molecule has 0 heterocycles. The molecule has 0 aliphatic heterocycles. The van der Waals surface area contributed by atoms with Crippen molar-refractivity contribution in [3.05, 3.63) is 29.8 Å². The number of unbranched alkanes of at least 4 members (excludes halogenated alkanes) is 3. The van der Waals surface area contributed by atoms with Crippen LogP contribution in [0.1, 0.15) is 65.0 Å². The third-order valence-electron chi connectivity index (χ3n) is 4.10. The van der Waals surface area contributed by atoms with E-state index < -0.39 is 11.7 Å². The van der Waals surface area contributed by atoms with Crippen molar-refractivity contribution < 1.29 is 28.5 Å². The van der Waals surface area contributed by atoms with E-state index in [-0.39, 0.29) is 12.6 Å². The monoisotopic (exact) mass is 423 g/mol. The Morgan fingerprint density at radius 2 is 1.73 bits per heavy atom. The molecule has 0 saturated carbocycles. The van der Waals surface area contributed by atoms with Crippen molar-refractivity contribution in [3.63, 3.8) is 0 Å². The molecule has 170 valence electrons. The van der Waals surface area contributed by atoms with E-state index in [0.717, 1.165) is 43.3 Å². The lowest BCUT2D eigenvalue weighted by Gasteiger charge is -2.22. The van der Waals surface area contributed by atoms with Crippen LogP contribution in [0.3, 0.4) is 0 Å². The van der Waals surface area contributed by atoms with Gasteiger partial charge in [0.15, 0.2) is 0 Å². The first-order valence-corrected chi connectivity index (χ1v) is 10.6. The average Bonchev–Trinajstić information content (AvgIpc) is 2.67. The van der Waals surface area contributed by atoms with Gasteiger partial charge in [0.1, 0.15) is 24.2 Å². The summed E-state index contributed by atoms with van der Waals surface area (Å²) in [6, 6.07) is 7.58. The fourth-order valence-corrected chi connectivity index (χ4v) is 2.64. The number of hydrogen-bond donors (Lipinski definition) is 1. The number of nitrogens with one attached hydrogen (secondary N) is 1. The maximum Gasteiger partial charge on any atom is 0.408 e. The summed E-state index contributed by atoms with van der Waals surface area (Å²) in [5.74, 6) is 0.795. The fourth-order valence-electron chi connectivity index (χ4n) is 2.64. The van der Waals surface area contributed by atoms with Crippen LogP contribution in [0.25, 0.3) is 0 Å². The molecule has 0 aromatic heterocycles. The number of benzene rings is 1. The minimum Gasteiger partial charge on any atom is -0.494 e. The molecule has 0 spiro atoms. The van der Waals surface area contributed by atoms with Crippen LogP contribution in [-0.2, 0) is 19.0 Å². The van der Waals surface area contributed by atoms with Gasteiger partial charge in [0.05, 0.1) is 25.9 Å². The summed E-state index contributed by atoms with van der Waals surface area (Å²) in [7, 11) is 0. The summed E-state index contributed by atoms with van der Waals surface area (Å²) in [6.07, 6.45) is 4.42. The summed E-state index contributed by atoms with van der Waals surface area (Å²) in [6.45, 7) is 9.90. The Hall–Kier alpha value is -2.12. The Labute approximate surface area is 180 Å². The van der Waals surface area contributed by atoms with Gasteiger partial charge in [-0.25, -0.2) is 4.79 Å². The smallest absolute Gasteiger partial charge is 0.408 e. The molecule has 1 amide bonds. The molecule has 7 heteroatoms. The summed E-state index contributed by atoms with van der Waals surface area (Å²) in [4.78, 5) is 22.0. The Balaban J connectivity index is 2.17. The van der Waals surface area contributed by atoms with Gasteiger partial charge in [-0.3, -0.25) is 0 Å². The van der Waals surface area contributed by atoms with E-state index in [1.54, 1.807) is 0 Å². The van der Waals surface area contributed by atoms with Crippen molar-refractivity contribution in [1.29, 1.82) is 0 Å². The number of carbonyl (C=O) groups is 2. The van der Waals surface area contributed by atoms with E-state index in [0.29, 0.717) is 26.4 Å². The van der Waals surface area contributed by atoms with Crippen molar-refractivity contribution in [1.82, 2.24) is 5.32 Å². The van der Waals surface area contributed by atoms with E-state index in [9.17, 15) is 9.59 Å². The van der Waals surface area contributed by atoms with Gasteiger partial charge in [0.2, 0.25) is 0 Å². The van der Waals surface area contributed by atoms with Gasteiger partial charge in [0.25, 0.3) is 0 Å². The highest BCUT2D eigenvalue weighted by atomic mass is 16.6. The van der Waals surface area contributed by atoms with Gasteiger partial charge in [0, 0.05) is 6.61 Å². The number of carbonyl (C=O) groups excluding carboxylic acids is 2. The molecule has 1 N–H and O–H groups in total. The first kappa shape index (κ1) is 25.9. The van der Waals surface area contributed by atoms with E-state index in [1.165, 1.54) is 0 Å². The second kappa shape index (κ2) is 14.8. The van der Waals surface area contributed by atoms with Crippen molar-refractivity contribution >= 4 is 12.4 Å². The molecule has 0 saturated heterocycles. The number of ether oxygens (including phenoxy) is 4. The molecule has 1 aromatic carbocycles. The molecule has 0 unspecified atom stereocenters. The van der Waals surface area contributed by atoms with E-state index >= 15 is 0 Å². The predicted octanol–water partition coefficient (Wildman–Crippen LogP) is 4.44. The molecular weight excluding hydrogens is 386 g/mol. The molecule has 1 atom stereocenters. The van der Waals surface area contributed by atoms with Gasteiger partial charge in [-0.15, -0.1) is 0 Å². The van der Waals surface area contributed by atoms with Gasteiger partial charge < -0.3 is 29.1 Å². The summed E-state index contributed by atoms with van der Waals surface area (Å²) in [5.41, 5.74) is 0.444. The van der Waals surface area contributed by atoms with Crippen LogP contribution >= 0.6 is 0 Å². The molecule has 7 nitrogen and oxygen atoms in total. The molecule has 1 aromatic rings. The number of amides is 1. The lowest BCUT2D eigenvalue weighted by atomic mass is 10.1. The van der Waals surface area contributed by atoms with Crippen LogP contribution in [0.5, 0.6) is 5.75 Å². The largest absolute Gasteiger partial charge is 0.494 e. The number of rotatable bonds is 15. The van der Waals surface area contributed by atoms with Gasteiger partial charge in [-0.2, -0.15) is 0 Å². The second-order valence-electron chi connectivity index (χ2n) is 8.06. The van der Waals surface area contributed by atoms with Crippen LogP contribution in [-0.4, -0.2) is 51.0 Å². The normalized spacial score (nSPS) is 12.3. The summed E-state index contributed by atoms with van der Waals surface area (Å²) in [5, 5.41) is 2.84. The molecule has 0 aliphatic carbocycles. The van der Waals surface area contributed by atoms with Crippen molar-refractivity contribution in [2.24, 2.45) is 0 Å². The SMILES string of the molecule is C[C@@H](NC(=O)OC(C)(C)C)c1cccc(OCCCCCCOCCOCC=O)c1. The lowest BCUT2D eigenvalue weighted by molar-refractivity contribution is -0.112. The second-order valence-corrected chi connectivity index (χ2v) is 8.06. The molecule has 0 radical (unpaired) electrons. The quantitative estimate of drug-likeness (QED) is 0.332. The first-order valence-electron chi connectivity index (χ1n) is 10.6. The minimum atomic E-state index is -0.521.